The number of ketones is 1. The summed E-state index contributed by atoms with van der Waals surface area (Å²) >= 11 is 0. The van der Waals surface area contributed by atoms with E-state index in [2.05, 4.69) is 4.74 Å². The second-order valence-electron chi connectivity index (χ2n) is 3.06. The van der Waals surface area contributed by atoms with Gasteiger partial charge in [-0.1, -0.05) is 12.1 Å². The van der Waals surface area contributed by atoms with E-state index in [1.165, 1.54) is 12.1 Å². The van der Waals surface area contributed by atoms with E-state index < -0.39 is 17.5 Å². The maximum absolute atomic E-state index is 11.6. The zero-order valence-electron chi connectivity index (χ0n) is 7.89. The highest BCUT2D eigenvalue weighted by atomic mass is 16.7. The molecule has 0 bridgehead atoms. The van der Waals surface area contributed by atoms with E-state index >= 15 is 0 Å². The number of Topliss-reactive ketones (excluding diaryl/α,β-unsaturated/α-hetero) is 1. The average Bonchev–Trinajstić information content (AvgIpc) is 2.52. The predicted octanol–water partition coefficient (Wildman–Crippen LogP) is 0.123. The molecule has 1 aromatic rings. The van der Waals surface area contributed by atoms with Crippen LogP contribution in [0.5, 0.6) is 5.75 Å². The van der Waals surface area contributed by atoms with Crippen LogP contribution in [0, 0.1) is 0 Å². The number of aliphatic hydroxyl groups is 1. The Labute approximate surface area is 85.2 Å². The largest absolute Gasteiger partial charge is 0.464 e. The van der Waals surface area contributed by atoms with Crippen LogP contribution in [-0.4, -0.2) is 29.8 Å². The molecular formula is C10H8O5. The first-order valence-electron chi connectivity index (χ1n) is 4.23. The third-order valence-electron chi connectivity index (χ3n) is 2.16. The van der Waals surface area contributed by atoms with Gasteiger partial charge in [0.25, 0.3) is 0 Å². The molecule has 2 rings (SSSR count). The van der Waals surface area contributed by atoms with Crippen LogP contribution in [0.2, 0.25) is 0 Å². The van der Waals surface area contributed by atoms with Crippen molar-refractivity contribution in [1.82, 2.24) is 0 Å². The van der Waals surface area contributed by atoms with Gasteiger partial charge in [0, 0.05) is 0 Å². The number of esters is 1. The molecule has 0 amide bonds. The minimum Gasteiger partial charge on any atom is -0.464 e. The Morgan fingerprint density at radius 1 is 1.47 bits per heavy atom. The van der Waals surface area contributed by atoms with Gasteiger partial charge >= 0.3 is 11.8 Å². The quantitative estimate of drug-likeness (QED) is 0.524. The average molecular weight is 208 g/mol. The van der Waals surface area contributed by atoms with Crippen molar-refractivity contribution < 1.29 is 24.2 Å². The number of fused-ring (bicyclic) bond motifs is 1. The standard InChI is InChI=1S/C10H8O5/c1-14-9(12)10(13)8(11)6-4-2-3-5-7(6)15-10/h2-5,13H,1H3. The first kappa shape index (κ1) is 9.67. The Morgan fingerprint density at radius 3 is 2.73 bits per heavy atom. The van der Waals surface area contributed by atoms with Gasteiger partial charge in [-0.2, -0.15) is 0 Å². The van der Waals surface area contributed by atoms with Crippen molar-refractivity contribution in [2.24, 2.45) is 0 Å². The van der Waals surface area contributed by atoms with Crippen LogP contribution in [0.1, 0.15) is 10.4 Å². The molecule has 0 radical (unpaired) electrons. The summed E-state index contributed by atoms with van der Waals surface area (Å²) in [6.07, 6.45) is 0. The molecule has 0 aliphatic carbocycles. The molecule has 0 aromatic heterocycles. The van der Waals surface area contributed by atoms with Gasteiger partial charge in [-0.05, 0) is 12.1 Å². The summed E-state index contributed by atoms with van der Waals surface area (Å²) in [5, 5.41) is 9.70. The summed E-state index contributed by atoms with van der Waals surface area (Å²) in [4.78, 5) is 22.8. The number of benzene rings is 1. The Hall–Kier alpha value is -1.88. The fraction of sp³-hybridized carbons (Fsp3) is 0.200. The third-order valence-corrected chi connectivity index (χ3v) is 2.16. The number of carbonyl (C=O) groups is 2. The van der Waals surface area contributed by atoms with Crippen LogP contribution >= 0.6 is 0 Å². The van der Waals surface area contributed by atoms with Gasteiger partial charge in [-0.25, -0.2) is 4.79 Å². The van der Waals surface area contributed by atoms with Crippen molar-refractivity contribution >= 4 is 11.8 Å². The Balaban J connectivity index is 2.47. The van der Waals surface area contributed by atoms with E-state index in [1.54, 1.807) is 12.1 Å². The minimum atomic E-state index is -2.53. The van der Waals surface area contributed by atoms with Crippen molar-refractivity contribution in [1.29, 1.82) is 0 Å². The summed E-state index contributed by atoms with van der Waals surface area (Å²) in [7, 11) is 1.07. The van der Waals surface area contributed by atoms with Gasteiger partial charge in [0.1, 0.15) is 5.75 Å². The zero-order valence-corrected chi connectivity index (χ0v) is 7.89. The second-order valence-corrected chi connectivity index (χ2v) is 3.06. The molecule has 0 saturated heterocycles. The molecule has 1 unspecified atom stereocenters. The van der Waals surface area contributed by atoms with E-state index in [9.17, 15) is 14.7 Å². The molecule has 5 heteroatoms. The highest BCUT2D eigenvalue weighted by Gasteiger charge is 2.54. The molecule has 15 heavy (non-hydrogen) atoms. The first-order chi connectivity index (χ1) is 7.09. The number of carbonyl (C=O) groups excluding carboxylic acids is 2. The lowest BCUT2D eigenvalue weighted by atomic mass is 10.1. The molecule has 5 nitrogen and oxygen atoms in total. The highest BCUT2D eigenvalue weighted by Crippen LogP contribution is 2.33. The molecule has 0 fully saturated rings. The van der Waals surface area contributed by atoms with Gasteiger partial charge in [0.05, 0.1) is 12.7 Å². The van der Waals surface area contributed by atoms with Crippen molar-refractivity contribution in [3.8, 4) is 5.75 Å². The van der Waals surface area contributed by atoms with Crippen molar-refractivity contribution in [3.05, 3.63) is 29.8 Å². The van der Waals surface area contributed by atoms with Gasteiger partial charge in [0.2, 0.25) is 5.78 Å². The van der Waals surface area contributed by atoms with Gasteiger partial charge < -0.3 is 14.6 Å². The topological polar surface area (TPSA) is 72.8 Å². The van der Waals surface area contributed by atoms with E-state index in [0.29, 0.717) is 0 Å². The summed E-state index contributed by atoms with van der Waals surface area (Å²) in [5.74, 6) is -4.28. The number of hydrogen-bond acceptors (Lipinski definition) is 5. The molecule has 1 aromatic carbocycles. The van der Waals surface area contributed by atoms with Crippen molar-refractivity contribution in [2.75, 3.05) is 7.11 Å². The number of ether oxygens (including phenoxy) is 2. The summed E-state index contributed by atoms with van der Waals surface area (Å²) in [6, 6.07) is 6.21. The molecule has 1 aliphatic heterocycles. The van der Waals surface area contributed by atoms with E-state index in [0.717, 1.165) is 7.11 Å². The second kappa shape index (κ2) is 3.06. The SMILES string of the molecule is COC(=O)C1(O)Oc2ccccc2C1=O. The van der Waals surface area contributed by atoms with Crippen molar-refractivity contribution in [3.63, 3.8) is 0 Å². The molecule has 78 valence electrons. The lowest BCUT2D eigenvalue weighted by molar-refractivity contribution is -0.180. The Bertz CT molecular complexity index is 439. The van der Waals surface area contributed by atoms with E-state index in [4.69, 9.17) is 4.74 Å². The van der Waals surface area contributed by atoms with Crippen LogP contribution in [0.15, 0.2) is 24.3 Å². The molecule has 1 heterocycles. The molecular weight excluding hydrogens is 200 g/mol. The molecule has 1 aliphatic rings. The lowest BCUT2D eigenvalue weighted by Crippen LogP contribution is -2.48. The fourth-order valence-corrected chi connectivity index (χ4v) is 1.40. The van der Waals surface area contributed by atoms with Crippen LogP contribution in [0.25, 0.3) is 0 Å². The number of hydrogen-bond donors (Lipinski definition) is 1. The molecule has 1 N–H and O–H groups in total. The van der Waals surface area contributed by atoms with E-state index in [-0.39, 0.29) is 11.3 Å². The summed E-state index contributed by atoms with van der Waals surface area (Å²) in [6.45, 7) is 0. The highest BCUT2D eigenvalue weighted by molar-refractivity contribution is 6.17. The van der Waals surface area contributed by atoms with Gasteiger partial charge in [0.15, 0.2) is 0 Å². The van der Waals surface area contributed by atoms with Gasteiger partial charge in [-0.15, -0.1) is 0 Å². The summed E-state index contributed by atoms with van der Waals surface area (Å²) in [5.41, 5.74) is 0.172. The number of methoxy groups -OCH3 is 1. The normalized spacial score (nSPS) is 23.2. The van der Waals surface area contributed by atoms with Crippen LogP contribution in [0.3, 0.4) is 0 Å². The minimum absolute atomic E-state index is 0.172. The Morgan fingerprint density at radius 2 is 2.13 bits per heavy atom. The summed E-state index contributed by atoms with van der Waals surface area (Å²) < 4.78 is 9.19. The number of rotatable bonds is 1. The van der Waals surface area contributed by atoms with Crippen LogP contribution < -0.4 is 4.74 Å². The maximum atomic E-state index is 11.6. The maximum Gasteiger partial charge on any atom is 0.388 e. The first-order valence-corrected chi connectivity index (χ1v) is 4.23. The smallest absolute Gasteiger partial charge is 0.388 e. The van der Waals surface area contributed by atoms with Crippen LogP contribution in [0.4, 0.5) is 0 Å². The fourth-order valence-electron chi connectivity index (χ4n) is 1.40. The zero-order chi connectivity index (χ0) is 11.1. The monoisotopic (exact) mass is 208 g/mol. The Kier molecular flexibility index (Phi) is 1.97. The predicted molar refractivity (Wildman–Crippen MR) is 48.4 cm³/mol. The lowest BCUT2D eigenvalue weighted by Gasteiger charge is -2.16. The third kappa shape index (κ3) is 1.20. The molecule has 0 spiro atoms. The van der Waals surface area contributed by atoms with Crippen molar-refractivity contribution in [2.45, 2.75) is 5.79 Å². The molecule has 1 atom stereocenters. The molecule has 0 saturated carbocycles. The van der Waals surface area contributed by atoms with Gasteiger partial charge in [-0.3, -0.25) is 4.79 Å². The van der Waals surface area contributed by atoms with E-state index in [1.807, 2.05) is 0 Å². The van der Waals surface area contributed by atoms with Crippen LogP contribution in [-0.2, 0) is 9.53 Å². The number of para-hydroxylation sites is 1.